The van der Waals surface area contributed by atoms with Crippen LogP contribution in [0.25, 0.3) is 11.3 Å². The van der Waals surface area contributed by atoms with Gasteiger partial charge in [-0.25, -0.2) is 4.99 Å². The van der Waals surface area contributed by atoms with Gasteiger partial charge in [0.1, 0.15) is 11.5 Å². The van der Waals surface area contributed by atoms with E-state index in [1.54, 1.807) is 38.0 Å². The highest BCUT2D eigenvalue weighted by Crippen LogP contribution is 2.34. The van der Waals surface area contributed by atoms with Gasteiger partial charge in [0, 0.05) is 23.7 Å². The Morgan fingerprint density at radius 3 is 2.69 bits per heavy atom. The van der Waals surface area contributed by atoms with Gasteiger partial charge in [-0.2, -0.15) is 0 Å². The Labute approximate surface area is 157 Å². The van der Waals surface area contributed by atoms with Crippen LogP contribution in [-0.2, 0) is 6.54 Å². The van der Waals surface area contributed by atoms with Crippen LogP contribution in [0.5, 0.6) is 11.5 Å². The molecule has 0 N–H and O–H groups in total. The van der Waals surface area contributed by atoms with E-state index >= 15 is 0 Å². The summed E-state index contributed by atoms with van der Waals surface area (Å²) in [6, 6.07) is 9.70. The number of thiazole rings is 1. The predicted octanol–water partition coefficient (Wildman–Crippen LogP) is 4.52. The second-order valence-electron chi connectivity index (χ2n) is 6.30. The largest absolute Gasteiger partial charge is 0.497 e. The van der Waals surface area contributed by atoms with E-state index in [9.17, 15) is 0 Å². The molecule has 2 heterocycles. The van der Waals surface area contributed by atoms with Crippen molar-refractivity contribution in [3.8, 4) is 22.8 Å². The van der Waals surface area contributed by atoms with E-state index in [-0.39, 0.29) is 0 Å². The molecule has 0 spiro atoms. The van der Waals surface area contributed by atoms with E-state index in [0.29, 0.717) is 5.92 Å². The Morgan fingerprint density at radius 1 is 1.19 bits per heavy atom. The third-order valence-corrected chi connectivity index (χ3v) is 4.76. The Morgan fingerprint density at radius 2 is 2.04 bits per heavy atom. The van der Waals surface area contributed by atoms with Gasteiger partial charge < -0.3 is 14.0 Å². The topological polar surface area (TPSA) is 48.6 Å². The minimum absolute atomic E-state index is 0.479. The fourth-order valence-electron chi connectivity index (χ4n) is 2.72. The van der Waals surface area contributed by atoms with Crippen LogP contribution in [0.3, 0.4) is 0 Å². The number of hydrogen-bond donors (Lipinski definition) is 0. The number of methoxy groups -OCH3 is 2. The number of rotatable bonds is 6. The maximum atomic E-state index is 5.58. The number of nitrogens with zero attached hydrogens (tertiary/aromatic N) is 3. The number of ether oxygens (including phenoxy) is 2. The van der Waals surface area contributed by atoms with Crippen LogP contribution < -0.4 is 14.3 Å². The first-order valence-corrected chi connectivity index (χ1v) is 9.35. The van der Waals surface area contributed by atoms with Crippen LogP contribution in [-0.4, -0.2) is 23.8 Å². The van der Waals surface area contributed by atoms with Crippen molar-refractivity contribution in [2.75, 3.05) is 14.2 Å². The summed E-state index contributed by atoms with van der Waals surface area (Å²) in [4.78, 5) is 9.87. The van der Waals surface area contributed by atoms with Gasteiger partial charge in [0.05, 0.1) is 31.8 Å². The molecule has 3 rings (SSSR count). The maximum Gasteiger partial charge on any atom is 0.190 e. The molecule has 0 atom stereocenters. The molecule has 0 fully saturated rings. The third kappa shape index (κ3) is 3.96. The Kier molecular flexibility index (Phi) is 5.73. The van der Waals surface area contributed by atoms with Gasteiger partial charge in [-0.1, -0.05) is 13.8 Å². The van der Waals surface area contributed by atoms with E-state index in [1.165, 1.54) is 0 Å². The molecule has 26 heavy (non-hydrogen) atoms. The van der Waals surface area contributed by atoms with Gasteiger partial charge in [-0.3, -0.25) is 4.98 Å². The summed E-state index contributed by atoms with van der Waals surface area (Å²) in [5.41, 5.74) is 2.91. The summed E-state index contributed by atoms with van der Waals surface area (Å²) in [7, 11) is 3.36. The van der Waals surface area contributed by atoms with E-state index < -0.39 is 0 Å². The number of aromatic nitrogens is 2. The Bertz CT molecular complexity index is 930. The molecule has 0 unspecified atom stereocenters. The summed E-state index contributed by atoms with van der Waals surface area (Å²) < 4.78 is 13.2. The van der Waals surface area contributed by atoms with E-state index in [2.05, 4.69) is 28.8 Å². The van der Waals surface area contributed by atoms with E-state index in [4.69, 9.17) is 14.5 Å². The second kappa shape index (κ2) is 8.19. The molecular weight excluding hydrogens is 346 g/mol. The molecule has 0 bridgehead atoms. The SMILES string of the molecule is COc1ccc(OC)c(-c2csc(=Nc3cccnc3)n2CC(C)C)c1. The number of hydrogen-bond acceptors (Lipinski definition) is 5. The molecule has 0 aliphatic rings. The van der Waals surface area contributed by atoms with Crippen LogP contribution >= 0.6 is 11.3 Å². The fraction of sp³-hybridized carbons (Fsp3) is 0.300. The smallest absolute Gasteiger partial charge is 0.190 e. The van der Waals surface area contributed by atoms with Crippen LogP contribution in [0.15, 0.2) is 53.1 Å². The van der Waals surface area contributed by atoms with Gasteiger partial charge in [-0.15, -0.1) is 11.3 Å². The molecule has 0 amide bonds. The lowest BCUT2D eigenvalue weighted by Crippen LogP contribution is -2.19. The average molecular weight is 369 g/mol. The monoisotopic (exact) mass is 369 g/mol. The minimum atomic E-state index is 0.479. The predicted molar refractivity (Wildman–Crippen MR) is 105 cm³/mol. The molecule has 0 aliphatic carbocycles. The Hall–Kier alpha value is -2.60. The van der Waals surface area contributed by atoms with E-state index in [1.807, 2.05) is 30.3 Å². The third-order valence-electron chi connectivity index (χ3n) is 3.90. The van der Waals surface area contributed by atoms with Crippen LogP contribution in [0.4, 0.5) is 5.69 Å². The van der Waals surface area contributed by atoms with Crippen molar-refractivity contribution < 1.29 is 9.47 Å². The van der Waals surface area contributed by atoms with Gasteiger partial charge in [0.2, 0.25) is 0 Å². The second-order valence-corrected chi connectivity index (χ2v) is 7.13. The van der Waals surface area contributed by atoms with Crippen molar-refractivity contribution in [2.24, 2.45) is 10.9 Å². The highest BCUT2D eigenvalue weighted by Gasteiger charge is 2.15. The molecule has 3 aromatic rings. The quantitative estimate of drug-likeness (QED) is 0.642. The summed E-state index contributed by atoms with van der Waals surface area (Å²) in [6.45, 7) is 5.26. The molecular formula is C20H23N3O2S. The fourth-order valence-corrected chi connectivity index (χ4v) is 3.65. The number of pyridine rings is 1. The standard InChI is InChI=1S/C20H23N3O2S/c1-14(2)12-23-18(17-10-16(24-3)7-8-19(17)25-4)13-26-20(23)22-15-6-5-9-21-11-15/h5-11,13-14H,12H2,1-4H3. The Balaban J connectivity index is 2.19. The van der Waals surface area contributed by atoms with Gasteiger partial charge in [0.15, 0.2) is 4.80 Å². The van der Waals surface area contributed by atoms with Crippen LogP contribution in [0, 0.1) is 5.92 Å². The van der Waals surface area contributed by atoms with E-state index in [0.717, 1.165) is 39.8 Å². The molecule has 6 heteroatoms. The highest BCUT2D eigenvalue weighted by atomic mass is 32.1. The van der Waals surface area contributed by atoms with Crippen molar-refractivity contribution in [1.29, 1.82) is 0 Å². The molecule has 0 radical (unpaired) electrons. The molecule has 0 aliphatic heterocycles. The van der Waals surface area contributed by atoms with Crippen LogP contribution in [0.1, 0.15) is 13.8 Å². The zero-order chi connectivity index (χ0) is 18.5. The minimum Gasteiger partial charge on any atom is -0.497 e. The van der Waals surface area contributed by atoms with Crippen LogP contribution in [0.2, 0.25) is 0 Å². The lowest BCUT2D eigenvalue weighted by atomic mass is 10.1. The zero-order valence-electron chi connectivity index (χ0n) is 15.5. The van der Waals surface area contributed by atoms with Crippen molar-refractivity contribution in [2.45, 2.75) is 20.4 Å². The van der Waals surface area contributed by atoms with Crippen molar-refractivity contribution in [1.82, 2.24) is 9.55 Å². The molecule has 0 saturated heterocycles. The van der Waals surface area contributed by atoms with Crippen molar-refractivity contribution in [3.63, 3.8) is 0 Å². The summed E-state index contributed by atoms with van der Waals surface area (Å²) >= 11 is 1.61. The summed E-state index contributed by atoms with van der Waals surface area (Å²) in [6.07, 6.45) is 3.52. The molecule has 136 valence electrons. The highest BCUT2D eigenvalue weighted by molar-refractivity contribution is 7.07. The first kappa shape index (κ1) is 18.2. The normalized spacial score (nSPS) is 11.8. The zero-order valence-corrected chi connectivity index (χ0v) is 16.3. The van der Waals surface area contributed by atoms with Gasteiger partial charge in [-0.05, 0) is 36.2 Å². The lowest BCUT2D eigenvalue weighted by molar-refractivity contribution is 0.404. The van der Waals surface area contributed by atoms with Gasteiger partial charge in [0.25, 0.3) is 0 Å². The molecule has 5 nitrogen and oxygen atoms in total. The summed E-state index contributed by atoms with van der Waals surface area (Å²) in [5, 5.41) is 2.12. The molecule has 2 aromatic heterocycles. The lowest BCUT2D eigenvalue weighted by Gasteiger charge is -2.15. The maximum absolute atomic E-state index is 5.58. The first-order chi connectivity index (χ1) is 12.6. The van der Waals surface area contributed by atoms with Gasteiger partial charge >= 0.3 is 0 Å². The average Bonchev–Trinajstić information content (AvgIpc) is 3.03. The molecule has 1 aromatic carbocycles. The number of benzene rings is 1. The van der Waals surface area contributed by atoms with Crippen molar-refractivity contribution in [3.05, 3.63) is 52.9 Å². The summed E-state index contributed by atoms with van der Waals surface area (Å²) in [5.74, 6) is 2.09. The first-order valence-electron chi connectivity index (χ1n) is 8.48. The molecule has 0 saturated carbocycles. The van der Waals surface area contributed by atoms with Crippen molar-refractivity contribution >= 4 is 17.0 Å².